The lowest BCUT2D eigenvalue weighted by atomic mass is 9.94. The van der Waals surface area contributed by atoms with E-state index in [1.807, 2.05) is 31.2 Å². The Morgan fingerprint density at radius 2 is 1.67 bits per heavy atom. The van der Waals surface area contributed by atoms with Gasteiger partial charge in [0, 0.05) is 5.54 Å². The summed E-state index contributed by atoms with van der Waals surface area (Å²) in [5.74, 6) is 0.316. The van der Waals surface area contributed by atoms with Gasteiger partial charge in [0.25, 0.3) is 0 Å². The lowest BCUT2D eigenvalue weighted by Crippen LogP contribution is -2.15. The highest BCUT2D eigenvalue weighted by atomic mass is 28.4. The van der Waals surface area contributed by atoms with Gasteiger partial charge in [-0.05, 0) is 23.5 Å². The lowest BCUT2D eigenvalue weighted by molar-refractivity contribution is 0.599. The number of hydrogen-bond donors (Lipinski definition) is 0. The predicted molar refractivity (Wildman–Crippen MR) is 61.5 cm³/mol. The summed E-state index contributed by atoms with van der Waals surface area (Å²) in [4.78, 5) is 0. The van der Waals surface area contributed by atoms with E-state index in [9.17, 15) is 8.22 Å². The van der Waals surface area contributed by atoms with E-state index in [2.05, 4.69) is 13.8 Å². The molecule has 1 atom stereocenters. The van der Waals surface area contributed by atoms with Crippen LogP contribution in [0.15, 0.2) is 24.3 Å². The van der Waals surface area contributed by atoms with Crippen molar-refractivity contribution < 1.29 is 8.22 Å². The Balaban J connectivity index is 3.11. The van der Waals surface area contributed by atoms with Crippen LogP contribution in [0.25, 0.3) is 0 Å². The van der Waals surface area contributed by atoms with Gasteiger partial charge in [-0.15, -0.1) is 0 Å². The number of halogens is 2. The second-order valence-corrected chi connectivity index (χ2v) is 5.31. The summed E-state index contributed by atoms with van der Waals surface area (Å²) >= 11 is 0. The van der Waals surface area contributed by atoms with Gasteiger partial charge in [0.1, 0.15) is 0 Å². The molecule has 0 saturated heterocycles. The minimum atomic E-state index is -3.23. The molecule has 1 rings (SSSR count). The second-order valence-electron chi connectivity index (χ2n) is 4.03. The normalized spacial score (nSPS) is 13.5. The van der Waals surface area contributed by atoms with Crippen LogP contribution in [0.1, 0.15) is 49.8 Å². The first-order valence-corrected chi connectivity index (χ1v) is 6.67. The van der Waals surface area contributed by atoms with E-state index < -0.39 is 15.0 Å². The molecule has 15 heavy (non-hydrogen) atoms. The number of benzene rings is 1. The van der Waals surface area contributed by atoms with Crippen LogP contribution >= 0.6 is 0 Å². The molecule has 0 aromatic heterocycles. The van der Waals surface area contributed by atoms with Gasteiger partial charge in [-0.3, -0.25) is 8.22 Å². The Morgan fingerprint density at radius 3 is 2.07 bits per heavy atom. The van der Waals surface area contributed by atoms with Gasteiger partial charge >= 0.3 is 9.46 Å². The molecule has 0 aliphatic heterocycles. The smallest absolute Gasteiger partial charge is 0.267 e. The molecule has 0 saturated carbocycles. The van der Waals surface area contributed by atoms with Crippen LogP contribution < -0.4 is 0 Å². The third-order valence-electron chi connectivity index (χ3n) is 2.67. The summed E-state index contributed by atoms with van der Waals surface area (Å²) in [6.07, 6.45) is 0.533. The third-order valence-corrected chi connectivity index (χ3v) is 3.91. The maximum atomic E-state index is 12.9. The second kappa shape index (κ2) is 5.40. The summed E-state index contributed by atoms with van der Waals surface area (Å²) in [7, 11) is -3.23. The van der Waals surface area contributed by atoms with Crippen LogP contribution in [0, 0.1) is 0 Å². The van der Waals surface area contributed by atoms with E-state index in [4.69, 9.17) is 0 Å². The van der Waals surface area contributed by atoms with E-state index in [1.54, 1.807) is 0 Å². The Labute approximate surface area is 92.3 Å². The molecule has 3 heteroatoms. The topological polar surface area (TPSA) is 0 Å². The fraction of sp³-hybridized carbons (Fsp3) is 0.500. The summed E-state index contributed by atoms with van der Waals surface area (Å²) < 4.78 is 25.9. The van der Waals surface area contributed by atoms with Gasteiger partial charge in [-0.25, -0.2) is 0 Å². The first-order valence-electron chi connectivity index (χ1n) is 5.34. The average molecular weight is 227 g/mol. The van der Waals surface area contributed by atoms with Crippen molar-refractivity contribution in [2.45, 2.75) is 38.7 Å². The minimum absolute atomic E-state index is 0.316. The Morgan fingerprint density at radius 1 is 1.13 bits per heavy atom. The van der Waals surface area contributed by atoms with Crippen molar-refractivity contribution >= 4 is 9.46 Å². The maximum Gasteiger partial charge on any atom is 0.484 e. The highest BCUT2D eigenvalue weighted by molar-refractivity contribution is 6.44. The van der Waals surface area contributed by atoms with Crippen molar-refractivity contribution in [3.05, 3.63) is 35.4 Å². The fourth-order valence-corrected chi connectivity index (χ4v) is 2.65. The lowest BCUT2D eigenvalue weighted by Gasteiger charge is -2.18. The third kappa shape index (κ3) is 2.87. The molecule has 0 N–H and O–H groups in total. The van der Waals surface area contributed by atoms with Gasteiger partial charge in [0.05, 0.1) is 0 Å². The van der Waals surface area contributed by atoms with Gasteiger partial charge < -0.3 is 0 Å². The molecule has 1 aromatic carbocycles. The molecule has 0 nitrogen and oxygen atoms in total. The van der Waals surface area contributed by atoms with Crippen LogP contribution in [-0.4, -0.2) is 9.46 Å². The Kier molecular flexibility index (Phi) is 4.45. The fourth-order valence-electron chi connectivity index (χ4n) is 1.85. The Bertz CT molecular complexity index is 310. The maximum absolute atomic E-state index is 12.9. The molecule has 0 amide bonds. The van der Waals surface area contributed by atoms with Crippen molar-refractivity contribution in [1.82, 2.24) is 0 Å². The minimum Gasteiger partial charge on any atom is -0.267 e. The summed E-state index contributed by atoms with van der Waals surface area (Å²) in [5, 5.41) is 0. The predicted octanol–water partition coefficient (Wildman–Crippen LogP) is 4.27. The van der Waals surface area contributed by atoms with E-state index in [0.717, 1.165) is 11.1 Å². The average Bonchev–Trinajstić information content (AvgIpc) is 2.18. The number of hydrogen-bond acceptors (Lipinski definition) is 0. The quantitative estimate of drug-likeness (QED) is 0.532. The van der Waals surface area contributed by atoms with Crippen LogP contribution in [-0.2, 0) is 0 Å². The molecule has 1 aromatic rings. The Hall–Kier alpha value is -0.703. The summed E-state index contributed by atoms with van der Waals surface area (Å²) in [6.45, 7) is 5.94. The van der Waals surface area contributed by atoms with E-state index in [-0.39, 0.29) is 0 Å². The van der Waals surface area contributed by atoms with Crippen LogP contribution in [0.3, 0.4) is 0 Å². The zero-order valence-corrected chi connectivity index (χ0v) is 10.4. The molecule has 0 aliphatic carbocycles. The standard InChI is InChI=1S/C12H17F2Si/c1-4-12(15(13)14)11-8-6-5-7-10(11)9(2)3/h5-9,12H,4H2,1-3H3. The largest absolute Gasteiger partial charge is 0.484 e. The molecule has 0 bridgehead atoms. The van der Waals surface area contributed by atoms with Crippen molar-refractivity contribution in [2.24, 2.45) is 0 Å². The highest BCUT2D eigenvalue weighted by Crippen LogP contribution is 2.30. The molecule has 0 spiro atoms. The molecule has 0 aliphatic rings. The van der Waals surface area contributed by atoms with Crippen LogP contribution in [0.5, 0.6) is 0 Å². The SMILES string of the molecule is CCC(c1ccccc1C(C)C)[Si](F)F. The van der Waals surface area contributed by atoms with E-state index in [1.165, 1.54) is 0 Å². The van der Waals surface area contributed by atoms with Gasteiger partial charge in [0.2, 0.25) is 0 Å². The van der Waals surface area contributed by atoms with Crippen molar-refractivity contribution in [3.63, 3.8) is 0 Å². The zero-order chi connectivity index (χ0) is 11.4. The first kappa shape index (κ1) is 12.4. The number of rotatable bonds is 4. The van der Waals surface area contributed by atoms with Gasteiger partial charge in [-0.1, -0.05) is 45.0 Å². The molecule has 1 radical (unpaired) electrons. The zero-order valence-electron chi connectivity index (χ0n) is 9.43. The van der Waals surface area contributed by atoms with Gasteiger partial charge in [-0.2, -0.15) is 0 Å². The molecule has 1 unspecified atom stereocenters. The van der Waals surface area contributed by atoms with Crippen LogP contribution in [0.2, 0.25) is 0 Å². The molecular weight excluding hydrogens is 210 g/mol. The van der Waals surface area contributed by atoms with Crippen molar-refractivity contribution in [3.8, 4) is 0 Å². The highest BCUT2D eigenvalue weighted by Gasteiger charge is 2.28. The molecule has 0 heterocycles. The molecule has 83 valence electrons. The van der Waals surface area contributed by atoms with Gasteiger partial charge in [0.15, 0.2) is 0 Å². The molecular formula is C12H17F2Si. The van der Waals surface area contributed by atoms with E-state index in [0.29, 0.717) is 12.3 Å². The molecule has 0 fully saturated rings. The van der Waals surface area contributed by atoms with Crippen molar-refractivity contribution in [2.75, 3.05) is 0 Å². The van der Waals surface area contributed by atoms with E-state index >= 15 is 0 Å². The summed E-state index contributed by atoms with van der Waals surface area (Å²) in [6, 6.07) is 7.60. The summed E-state index contributed by atoms with van der Waals surface area (Å²) in [5.41, 5.74) is 1.41. The van der Waals surface area contributed by atoms with Crippen LogP contribution in [0.4, 0.5) is 8.22 Å². The van der Waals surface area contributed by atoms with Crippen molar-refractivity contribution in [1.29, 1.82) is 0 Å². The monoisotopic (exact) mass is 227 g/mol. The first-order chi connectivity index (χ1) is 7.07.